The van der Waals surface area contributed by atoms with E-state index in [0.29, 0.717) is 56.0 Å². The van der Waals surface area contributed by atoms with Gasteiger partial charge in [0.15, 0.2) is 11.6 Å². The van der Waals surface area contributed by atoms with Crippen molar-refractivity contribution in [3.05, 3.63) is 53.3 Å². The molecule has 9 heteroatoms. The second-order valence-electron chi connectivity index (χ2n) is 8.78. The molecule has 2 aromatic rings. The van der Waals surface area contributed by atoms with Crippen LogP contribution in [0.2, 0.25) is 0 Å². The molecule has 182 valence electrons. The first-order valence-electron chi connectivity index (χ1n) is 11.4. The van der Waals surface area contributed by atoms with Crippen molar-refractivity contribution < 1.29 is 28.6 Å². The highest BCUT2D eigenvalue weighted by molar-refractivity contribution is 6.02. The Balaban J connectivity index is 1.64. The number of aliphatic hydroxyl groups is 1. The molecule has 2 amide bonds. The van der Waals surface area contributed by atoms with Crippen LogP contribution < -0.4 is 19.9 Å². The number of morpholine rings is 1. The van der Waals surface area contributed by atoms with E-state index in [4.69, 9.17) is 9.47 Å². The van der Waals surface area contributed by atoms with Gasteiger partial charge in [0.2, 0.25) is 5.91 Å². The largest absolute Gasteiger partial charge is 0.494 e. The summed E-state index contributed by atoms with van der Waals surface area (Å²) in [5, 5.41) is 13.0. The molecule has 0 spiro atoms. The number of carbonyl (C=O) groups is 2. The summed E-state index contributed by atoms with van der Waals surface area (Å²) >= 11 is 0. The van der Waals surface area contributed by atoms with Crippen LogP contribution in [0.1, 0.15) is 35.7 Å². The third kappa shape index (κ3) is 5.48. The van der Waals surface area contributed by atoms with Gasteiger partial charge in [0.05, 0.1) is 38.0 Å². The lowest BCUT2D eigenvalue weighted by Gasteiger charge is -2.31. The Labute approximate surface area is 198 Å². The summed E-state index contributed by atoms with van der Waals surface area (Å²) in [5.41, 5.74) is 1.45. The van der Waals surface area contributed by atoms with Crippen molar-refractivity contribution in [2.75, 3.05) is 49.8 Å². The van der Waals surface area contributed by atoms with E-state index in [1.54, 1.807) is 18.2 Å². The number of anilines is 2. The monoisotopic (exact) mass is 471 g/mol. The van der Waals surface area contributed by atoms with Crippen molar-refractivity contribution in [2.24, 2.45) is 0 Å². The lowest BCUT2D eigenvalue weighted by Crippen LogP contribution is -2.39. The highest BCUT2D eigenvalue weighted by Crippen LogP contribution is 2.34. The molecule has 2 aliphatic rings. The average molecular weight is 472 g/mol. The van der Waals surface area contributed by atoms with E-state index in [9.17, 15) is 19.1 Å². The van der Waals surface area contributed by atoms with Gasteiger partial charge in [-0.2, -0.15) is 0 Å². The molecule has 1 aliphatic carbocycles. The van der Waals surface area contributed by atoms with Crippen molar-refractivity contribution >= 4 is 23.2 Å². The number of rotatable bonds is 8. The Morgan fingerprint density at radius 1 is 1.21 bits per heavy atom. The van der Waals surface area contributed by atoms with Crippen LogP contribution in [0.4, 0.5) is 15.8 Å². The number of halogens is 1. The van der Waals surface area contributed by atoms with Crippen molar-refractivity contribution in [2.45, 2.75) is 31.9 Å². The SMILES string of the molecule is COc1ccc(CN(C(C)=O)c2ccc(N3CCOCC3)c(C(=O)NCC3(O)CC3)c2)cc1F. The molecule has 0 radical (unpaired) electrons. The summed E-state index contributed by atoms with van der Waals surface area (Å²) in [6.07, 6.45) is 1.33. The normalized spacial score (nSPS) is 16.6. The second-order valence-corrected chi connectivity index (χ2v) is 8.78. The quantitative estimate of drug-likeness (QED) is 0.615. The smallest absolute Gasteiger partial charge is 0.253 e. The molecule has 34 heavy (non-hydrogen) atoms. The summed E-state index contributed by atoms with van der Waals surface area (Å²) in [6, 6.07) is 9.85. The Kier molecular flexibility index (Phi) is 7.04. The third-order valence-corrected chi connectivity index (χ3v) is 6.23. The van der Waals surface area contributed by atoms with Crippen molar-refractivity contribution in [1.29, 1.82) is 0 Å². The van der Waals surface area contributed by atoms with Gasteiger partial charge in [0.1, 0.15) is 0 Å². The van der Waals surface area contributed by atoms with Gasteiger partial charge in [-0.15, -0.1) is 0 Å². The zero-order chi connectivity index (χ0) is 24.3. The summed E-state index contributed by atoms with van der Waals surface area (Å²) in [5.74, 6) is -0.940. The number of nitrogens with zero attached hydrogens (tertiary/aromatic N) is 2. The number of benzene rings is 2. The van der Waals surface area contributed by atoms with Crippen molar-refractivity contribution in [1.82, 2.24) is 5.32 Å². The first kappa shape index (κ1) is 24.0. The van der Waals surface area contributed by atoms with E-state index in [2.05, 4.69) is 10.2 Å². The number of methoxy groups -OCH3 is 1. The zero-order valence-corrected chi connectivity index (χ0v) is 19.5. The minimum atomic E-state index is -0.823. The summed E-state index contributed by atoms with van der Waals surface area (Å²) in [7, 11) is 1.39. The fourth-order valence-corrected chi connectivity index (χ4v) is 3.99. The maximum atomic E-state index is 14.2. The molecule has 0 atom stereocenters. The van der Waals surface area contributed by atoms with Gasteiger partial charge in [-0.25, -0.2) is 4.39 Å². The van der Waals surface area contributed by atoms with E-state index in [1.807, 2.05) is 6.07 Å². The van der Waals surface area contributed by atoms with Crippen LogP contribution in [0.5, 0.6) is 5.75 Å². The first-order chi connectivity index (χ1) is 16.3. The maximum Gasteiger partial charge on any atom is 0.253 e. The van der Waals surface area contributed by atoms with Gasteiger partial charge in [-0.1, -0.05) is 6.07 Å². The Morgan fingerprint density at radius 2 is 1.94 bits per heavy atom. The van der Waals surface area contributed by atoms with E-state index >= 15 is 0 Å². The molecule has 2 aromatic carbocycles. The van der Waals surface area contributed by atoms with Crippen LogP contribution >= 0.6 is 0 Å². The lowest BCUT2D eigenvalue weighted by molar-refractivity contribution is -0.116. The molecule has 2 fully saturated rings. The van der Waals surface area contributed by atoms with Crippen LogP contribution in [-0.4, -0.2) is 62.5 Å². The molecule has 1 heterocycles. The number of ether oxygens (including phenoxy) is 2. The molecule has 1 saturated heterocycles. The summed E-state index contributed by atoms with van der Waals surface area (Å²) in [4.78, 5) is 29.3. The molecule has 1 saturated carbocycles. The molecular weight excluding hydrogens is 441 g/mol. The molecule has 0 unspecified atom stereocenters. The number of amides is 2. The van der Waals surface area contributed by atoms with E-state index < -0.39 is 11.4 Å². The number of hydrogen-bond donors (Lipinski definition) is 2. The molecule has 0 aromatic heterocycles. The van der Waals surface area contributed by atoms with Crippen LogP contribution in [0.3, 0.4) is 0 Å². The van der Waals surface area contributed by atoms with Gasteiger partial charge < -0.3 is 29.7 Å². The lowest BCUT2D eigenvalue weighted by atomic mass is 10.1. The second kappa shape index (κ2) is 9.99. The molecule has 1 aliphatic heterocycles. The Bertz CT molecular complexity index is 1070. The van der Waals surface area contributed by atoms with Gasteiger partial charge >= 0.3 is 0 Å². The average Bonchev–Trinajstić information content (AvgIpc) is 3.58. The van der Waals surface area contributed by atoms with Gasteiger partial charge in [0, 0.05) is 37.9 Å². The van der Waals surface area contributed by atoms with Crippen molar-refractivity contribution in [3.8, 4) is 5.75 Å². The van der Waals surface area contributed by atoms with Crippen LogP contribution in [0, 0.1) is 5.82 Å². The summed E-state index contributed by atoms with van der Waals surface area (Å²) < 4.78 is 24.6. The topological polar surface area (TPSA) is 91.3 Å². The maximum absolute atomic E-state index is 14.2. The first-order valence-corrected chi connectivity index (χ1v) is 11.4. The van der Waals surface area contributed by atoms with Crippen LogP contribution in [0.15, 0.2) is 36.4 Å². The van der Waals surface area contributed by atoms with Crippen LogP contribution in [-0.2, 0) is 16.1 Å². The van der Waals surface area contributed by atoms with E-state index in [1.165, 1.54) is 31.1 Å². The Hall–Kier alpha value is -3.17. The standard InChI is InChI=1S/C25H30FN3O5/c1-17(30)29(15-18-3-6-23(33-2)21(26)13-18)19-4-5-22(28-9-11-34-12-10-28)20(14-19)24(31)27-16-25(32)7-8-25/h3-6,13-14,32H,7-12,15-16H2,1-2H3,(H,27,31). The van der Waals surface area contributed by atoms with Gasteiger partial charge in [-0.05, 0) is 48.7 Å². The summed E-state index contributed by atoms with van der Waals surface area (Å²) in [6.45, 7) is 4.15. The Morgan fingerprint density at radius 3 is 2.56 bits per heavy atom. The predicted molar refractivity (Wildman–Crippen MR) is 126 cm³/mol. The fourth-order valence-electron chi connectivity index (χ4n) is 3.99. The van der Waals surface area contributed by atoms with E-state index in [0.717, 1.165) is 5.69 Å². The third-order valence-electron chi connectivity index (χ3n) is 6.23. The predicted octanol–water partition coefficient (Wildman–Crippen LogP) is 2.48. The number of hydrogen-bond acceptors (Lipinski definition) is 6. The molecule has 0 bridgehead atoms. The van der Waals surface area contributed by atoms with E-state index in [-0.39, 0.29) is 30.7 Å². The minimum Gasteiger partial charge on any atom is -0.494 e. The zero-order valence-electron chi connectivity index (χ0n) is 19.5. The van der Waals surface area contributed by atoms with Crippen molar-refractivity contribution in [3.63, 3.8) is 0 Å². The number of carbonyl (C=O) groups excluding carboxylic acids is 2. The number of nitrogens with one attached hydrogen (secondary N) is 1. The molecule has 8 nitrogen and oxygen atoms in total. The van der Waals surface area contributed by atoms with Gasteiger partial charge in [-0.3, -0.25) is 9.59 Å². The highest BCUT2D eigenvalue weighted by Gasteiger charge is 2.40. The molecular formula is C25H30FN3O5. The molecule has 4 rings (SSSR count). The highest BCUT2D eigenvalue weighted by atomic mass is 19.1. The van der Waals surface area contributed by atoms with Crippen LogP contribution in [0.25, 0.3) is 0 Å². The fraction of sp³-hybridized carbons (Fsp3) is 0.440. The minimum absolute atomic E-state index is 0.129. The van der Waals surface area contributed by atoms with Gasteiger partial charge in [0.25, 0.3) is 5.91 Å². The molecule has 2 N–H and O–H groups in total.